The number of hydrogen-bond acceptors (Lipinski definition) is 5. The third kappa shape index (κ3) is 4.60. The van der Waals surface area contributed by atoms with Crippen molar-refractivity contribution in [2.75, 3.05) is 35.0 Å². The molecule has 6 heteroatoms. The van der Waals surface area contributed by atoms with Gasteiger partial charge in [-0.15, -0.1) is 0 Å². The number of fused-ring (bicyclic) bond motifs is 1. The Morgan fingerprint density at radius 1 is 0.818 bits per heavy atom. The Morgan fingerprint density at radius 2 is 1.39 bits per heavy atom. The van der Waals surface area contributed by atoms with Crippen LogP contribution >= 0.6 is 0 Å². The van der Waals surface area contributed by atoms with Crippen LogP contribution in [0.4, 0.5) is 0 Å². The summed E-state index contributed by atoms with van der Waals surface area (Å²) in [5.74, 6) is 2.97. The second-order valence-electron chi connectivity index (χ2n) is 7.94. The number of rotatable bonds is 7. The molecule has 0 N–H and O–H groups in total. The minimum absolute atomic E-state index is 0.0708. The van der Waals surface area contributed by atoms with Crippen LogP contribution in [-0.2, 0) is 17.6 Å². The molecule has 1 atom stereocenters. The zero-order valence-electron chi connectivity index (χ0n) is 19.5. The highest BCUT2D eigenvalue weighted by Gasteiger charge is 2.33. The Labute approximate surface area is 194 Å². The largest absolute Gasteiger partial charge is 0.497 e. The minimum atomic E-state index is -0.231. The minimum Gasteiger partial charge on any atom is -0.497 e. The summed E-state index contributed by atoms with van der Waals surface area (Å²) in [5.41, 5.74) is 4.17. The molecule has 1 amide bonds. The first-order valence-electron chi connectivity index (χ1n) is 10.9. The van der Waals surface area contributed by atoms with Crippen molar-refractivity contribution in [3.63, 3.8) is 0 Å². The molecule has 1 aliphatic heterocycles. The molecule has 0 aromatic heterocycles. The number of benzene rings is 3. The molecule has 3 aromatic rings. The fourth-order valence-corrected chi connectivity index (χ4v) is 4.38. The molecule has 1 aliphatic rings. The van der Waals surface area contributed by atoms with Gasteiger partial charge < -0.3 is 23.8 Å². The predicted octanol–water partition coefficient (Wildman–Crippen LogP) is 4.44. The molecular formula is C27H29NO5. The molecule has 6 nitrogen and oxygen atoms in total. The van der Waals surface area contributed by atoms with Gasteiger partial charge in [0.1, 0.15) is 11.5 Å². The maximum absolute atomic E-state index is 13.5. The molecule has 0 saturated carbocycles. The van der Waals surface area contributed by atoms with Crippen LogP contribution in [0.15, 0.2) is 60.7 Å². The molecule has 4 rings (SSSR count). The number of nitrogens with zero attached hydrogens (tertiary/aromatic N) is 1. The first kappa shape index (κ1) is 22.5. The summed E-state index contributed by atoms with van der Waals surface area (Å²) in [6, 6.07) is 19.3. The zero-order valence-corrected chi connectivity index (χ0v) is 19.5. The summed E-state index contributed by atoms with van der Waals surface area (Å²) in [5, 5.41) is 0. The SMILES string of the molecule is COc1ccc(CC(=O)N2CCc3cc(OC)c(OC)cc3C2c2ccc(OC)cc2)cc1. The molecule has 1 unspecified atom stereocenters. The van der Waals surface area contributed by atoms with E-state index in [1.807, 2.05) is 65.6 Å². The van der Waals surface area contributed by atoms with Gasteiger partial charge in [-0.05, 0) is 65.1 Å². The second-order valence-corrected chi connectivity index (χ2v) is 7.94. The van der Waals surface area contributed by atoms with Crippen molar-refractivity contribution in [3.8, 4) is 23.0 Å². The Hall–Kier alpha value is -3.67. The van der Waals surface area contributed by atoms with Gasteiger partial charge in [0.25, 0.3) is 0 Å². The van der Waals surface area contributed by atoms with E-state index < -0.39 is 0 Å². The van der Waals surface area contributed by atoms with Crippen LogP contribution in [0.2, 0.25) is 0 Å². The Balaban J connectivity index is 1.73. The fraction of sp³-hybridized carbons (Fsp3) is 0.296. The molecule has 0 spiro atoms. The molecule has 172 valence electrons. The highest BCUT2D eigenvalue weighted by Crippen LogP contribution is 2.41. The van der Waals surface area contributed by atoms with E-state index in [-0.39, 0.29) is 11.9 Å². The molecule has 3 aromatic carbocycles. The number of hydrogen-bond donors (Lipinski definition) is 0. The van der Waals surface area contributed by atoms with Gasteiger partial charge >= 0.3 is 0 Å². The summed E-state index contributed by atoms with van der Waals surface area (Å²) in [6.07, 6.45) is 1.07. The van der Waals surface area contributed by atoms with Crippen LogP contribution in [-0.4, -0.2) is 45.8 Å². The monoisotopic (exact) mass is 447 g/mol. The first-order chi connectivity index (χ1) is 16.1. The lowest BCUT2D eigenvalue weighted by atomic mass is 9.87. The van der Waals surface area contributed by atoms with Crippen molar-refractivity contribution < 1.29 is 23.7 Å². The maximum atomic E-state index is 13.5. The van der Waals surface area contributed by atoms with Crippen LogP contribution < -0.4 is 18.9 Å². The van der Waals surface area contributed by atoms with Gasteiger partial charge in [0.2, 0.25) is 5.91 Å². The van der Waals surface area contributed by atoms with Gasteiger partial charge in [0.15, 0.2) is 11.5 Å². The summed E-state index contributed by atoms with van der Waals surface area (Å²) in [6.45, 7) is 0.619. The van der Waals surface area contributed by atoms with E-state index in [1.54, 1.807) is 28.4 Å². The number of ether oxygens (including phenoxy) is 4. The van der Waals surface area contributed by atoms with E-state index in [1.165, 1.54) is 0 Å². The third-order valence-electron chi connectivity index (χ3n) is 6.14. The topological polar surface area (TPSA) is 57.2 Å². The average Bonchev–Trinajstić information content (AvgIpc) is 2.87. The molecule has 0 fully saturated rings. The standard InChI is InChI=1S/C27H29NO5/c1-30-21-9-5-18(6-10-21)15-26(29)28-14-13-20-16-24(32-3)25(33-4)17-23(20)27(28)19-7-11-22(31-2)12-8-19/h5-12,16-17,27H,13-15H2,1-4H3. The quantitative estimate of drug-likeness (QED) is 0.536. The van der Waals surface area contributed by atoms with E-state index in [0.717, 1.165) is 40.2 Å². The summed E-state index contributed by atoms with van der Waals surface area (Å²) in [4.78, 5) is 15.5. The van der Waals surface area contributed by atoms with E-state index in [4.69, 9.17) is 18.9 Å². The summed E-state index contributed by atoms with van der Waals surface area (Å²) < 4.78 is 21.7. The van der Waals surface area contributed by atoms with E-state index >= 15 is 0 Å². The summed E-state index contributed by atoms with van der Waals surface area (Å²) >= 11 is 0. The predicted molar refractivity (Wildman–Crippen MR) is 126 cm³/mol. The smallest absolute Gasteiger partial charge is 0.227 e. The van der Waals surface area contributed by atoms with Crippen molar-refractivity contribution in [3.05, 3.63) is 82.9 Å². The number of carbonyl (C=O) groups excluding carboxylic acids is 1. The first-order valence-corrected chi connectivity index (χ1v) is 10.9. The van der Waals surface area contributed by atoms with Crippen LogP contribution in [0.3, 0.4) is 0 Å². The van der Waals surface area contributed by atoms with Crippen molar-refractivity contribution in [1.29, 1.82) is 0 Å². The van der Waals surface area contributed by atoms with Crippen molar-refractivity contribution in [2.24, 2.45) is 0 Å². The molecule has 0 radical (unpaired) electrons. The lowest BCUT2D eigenvalue weighted by Crippen LogP contribution is -2.41. The average molecular weight is 448 g/mol. The Morgan fingerprint density at radius 3 is 1.97 bits per heavy atom. The molecule has 0 bridgehead atoms. The summed E-state index contributed by atoms with van der Waals surface area (Å²) in [7, 11) is 6.54. The molecule has 1 heterocycles. The van der Waals surface area contributed by atoms with Gasteiger partial charge in [-0.2, -0.15) is 0 Å². The van der Waals surface area contributed by atoms with Gasteiger partial charge in [0, 0.05) is 6.54 Å². The van der Waals surface area contributed by atoms with Gasteiger partial charge in [0.05, 0.1) is 40.9 Å². The van der Waals surface area contributed by atoms with Gasteiger partial charge in [-0.25, -0.2) is 0 Å². The zero-order chi connectivity index (χ0) is 23.4. The van der Waals surface area contributed by atoms with Gasteiger partial charge in [-0.3, -0.25) is 4.79 Å². The lowest BCUT2D eigenvalue weighted by Gasteiger charge is -2.38. The van der Waals surface area contributed by atoms with Crippen LogP contribution in [0, 0.1) is 0 Å². The Bertz CT molecular complexity index is 1110. The molecular weight excluding hydrogens is 418 g/mol. The van der Waals surface area contributed by atoms with E-state index in [0.29, 0.717) is 24.5 Å². The number of amides is 1. The molecule has 0 saturated heterocycles. The fourth-order valence-electron chi connectivity index (χ4n) is 4.38. The lowest BCUT2D eigenvalue weighted by molar-refractivity contribution is -0.132. The van der Waals surface area contributed by atoms with Crippen LogP contribution in [0.1, 0.15) is 28.3 Å². The van der Waals surface area contributed by atoms with Crippen molar-refractivity contribution in [2.45, 2.75) is 18.9 Å². The second kappa shape index (κ2) is 9.86. The van der Waals surface area contributed by atoms with Gasteiger partial charge in [-0.1, -0.05) is 24.3 Å². The highest BCUT2D eigenvalue weighted by atomic mass is 16.5. The molecule has 33 heavy (non-hydrogen) atoms. The van der Waals surface area contributed by atoms with E-state index in [2.05, 4.69) is 0 Å². The third-order valence-corrected chi connectivity index (χ3v) is 6.14. The Kier molecular flexibility index (Phi) is 6.73. The van der Waals surface area contributed by atoms with Crippen molar-refractivity contribution in [1.82, 2.24) is 4.90 Å². The normalized spacial score (nSPS) is 14.9. The highest BCUT2D eigenvalue weighted by molar-refractivity contribution is 5.80. The molecule has 0 aliphatic carbocycles. The van der Waals surface area contributed by atoms with Crippen LogP contribution in [0.25, 0.3) is 0 Å². The maximum Gasteiger partial charge on any atom is 0.227 e. The van der Waals surface area contributed by atoms with Crippen molar-refractivity contribution >= 4 is 5.91 Å². The number of carbonyl (C=O) groups is 1. The van der Waals surface area contributed by atoms with E-state index in [9.17, 15) is 4.79 Å². The number of methoxy groups -OCH3 is 4. The van der Waals surface area contributed by atoms with Crippen LogP contribution in [0.5, 0.6) is 23.0 Å².